The van der Waals surface area contributed by atoms with Gasteiger partial charge < -0.3 is 13.3 Å². The minimum atomic E-state index is -2.38. The monoisotopic (exact) mass is 290 g/mol. The lowest BCUT2D eigenvalue weighted by molar-refractivity contribution is 0.0800. The first-order chi connectivity index (χ1) is 9.24. The smallest absolute Gasteiger partial charge is 0.377 e. The van der Waals surface area contributed by atoms with E-state index in [9.17, 15) is 0 Å². The molecule has 3 nitrogen and oxygen atoms in total. The standard InChI is InChI=1S/C15H34O3Si/c1-5-8-10-11-12-13-15-19(16-4,17-7-3)18-14-9-6-2/h5-15H2,1-4H3. The molecular weight excluding hydrogens is 256 g/mol. The van der Waals surface area contributed by atoms with Gasteiger partial charge in [0.15, 0.2) is 0 Å². The zero-order valence-electron chi connectivity index (χ0n) is 13.5. The van der Waals surface area contributed by atoms with Crippen LogP contribution in [0, 0.1) is 0 Å². The van der Waals surface area contributed by atoms with Gasteiger partial charge in [0.2, 0.25) is 0 Å². The van der Waals surface area contributed by atoms with Gasteiger partial charge in [0.1, 0.15) is 0 Å². The normalized spacial score (nSPS) is 14.5. The molecule has 0 saturated carbocycles. The van der Waals surface area contributed by atoms with Crippen molar-refractivity contribution in [2.24, 2.45) is 0 Å². The van der Waals surface area contributed by atoms with Crippen LogP contribution < -0.4 is 0 Å². The summed E-state index contributed by atoms with van der Waals surface area (Å²) >= 11 is 0. The number of unbranched alkanes of at least 4 members (excludes halogenated alkanes) is 6. The maximum atomic E-state index is 5.98. The molecule has 0 aliphatic rings. The van der Waals surface area contributed by atoms with Gasteiger partial charge in [-0.3, -0.25) is 0 Å². The summed E-state index contributed by atoms with van der Waals surface area (Å²) in [5.74, 6) is 0. The highest BCUT2D eigenvalue weighted by Crippen LogP contribution is 2.20. The van der Waals surface area contributed by atoms with Crippen molar-refractivity contribution in [3.8, 4) is 0 Å². The molecule has 0 amide bonds. The Bertz CT molecular complexity index is 190. The molecule has 0 saturated heterocycles. The molecule has 19 heavy (non-hydrogen) atoms. The van der Waals surface area contributed by atoms with Gasteiger partial charge in [0.25, 0.3) is 0 Å². The predicted molar refractivity (Wildman–Crippen MR) is 83.4 cm³/mol. The molecule has 1 unspecified atom stereocenters. The van der Waals surface area contributed by atoms with Crippen LogP contribution in [0.3, 0.4) is 0 Å². The minimum Gasteiger partial charge on any atom is -0.377 e. The number of rotatable bonds is 14. The Hall–Kier alpha value is 0.0969. The topological polar surface area (TPSA) is 27.7 Å². The van der Waals surface area contributed by atoms with Crippen molar-refractivity contribution in [2.75, 3.05) is 20.3 Å². The maximum absolute atomic E-state index is 5.98. The summed E-state index contributed by atoms with van der Waals surface area (Å²) < 4.78 is 17.5. The van der Waals surface area contributed by atoms with Gasteiger partial charge in [0.05, 0.1) is 0 Å². The number of hydrogen-bond donors (Lipinski definition) is 0. The Morgan fingerprint density at radius 3 is 1.95 bits per heavy atom. The molecule has 116 valence electrons. The molecule has 1 atom stereocenters. The van der Waals surface area contributed by atoms with Crippen LogP contribution in [0.4, 0.5) is 0 Å². The van der Waals surface area contributed by atoms with Crippen molar-refractivity contribution in [3.63, 3.8) is 0 Å². The minimum absolute atomic E-state index is 0.683. The van der Waals surface area contributed by atoms with Crippen molar-refractivity contribution in [1.29, 1.82) is 0 Å². The predicted octanol–water partition coefficient (Wildman–Crippen LogP) is 4.79. The van der Waals surface area contributed by atoms with Crippen molar-refractivity contribution >= 4 is 8.80 Å². The van der Waals surface area contributed by atoms with Gasteiger partial charge >= 0.3 is 8.80 Å². The molecule has 0 aliphatic carbocycles. The molecule has 0 spiro atoms. The van der Waals surface area contributed by atoms with Crippen molar-refractivity contribution in [1.82, 2.24) is 0 Å². The first-order valence-corrected chi connectivity index (χ1v) is 10.0. The SMILES string of the molecule is CCCCCCCC[Si](OC)(OCC)OCCCC. The third kappa shape index (κ3) is 9.60. The summed E-state index contributed by atoms with van der Waals surface area (Å²) in [7, 11) is -0.634. The van der Waals surface area contributed by atoms with Crippen LogP contribution in [-0.2, 0) is 13.3 Å². The fourth-order valence-corrected chi connectivity index (χ4v) is 4.51. The molecule has 4 heteroatoms. The van der Waals surface area contributed by atoms with E-state index in [4.69, 9.17) is 13.3 Å². The van der Waals surface area contributed by atoms with E-state index in [0.717, 1.165) is 31.9 Å². The lowest BCUT2D eigenvalue weighted by Crippen LogP contribution is -2.45. The van der Waals surface area contributed by atoms with E-state index in [1.807, 2.05) is 6.92 Å². The second-order valence-corrected chi connectivity index (χ2v) is 7.89. The molecule has 0 bridgehead atoms. The van der Waals surface area contributed by atoms with Crippen molar-refractivity contribution < 1.29 is 13.3 Å². The lowest BCUT2D eigenvalue weighted by Gasteiger charge is -2.27. The molecular formula is C15H34O3Si. The third-order valence-corrected chi connectivity index (χ3v) is 6.29. The van der Waals surface area contributed by atoms with E-state index < -0.39 is 8.80 Å². The highest BCUT2D eigenvalue weighted by atomic mass is 28.4. The average molecular weight is 291 g/mol. The molecule has 0 aromatic heterocycles. The molecule has 0 rings (SSSR count). The second kappa shape index (κ2) is 13.1. The molecule has 0 aromatic rings. The summed E-state index contributed by atoms with van der Waals surface area (Å²) in [5.41, 5.74) is 0. The summed E-state index contributed by atoms with van der Waals surface area (Å²) in [4.78, 5) is 0. The van der Waals surface area contributed by atoms with E-state index in [0.29, 0.717) is 6.61 Å². The van der Waals surface area contributed by atoms with Crippen molar-refractivity contribution in [3.05, 3.63) is 0 Å². The summed E-state index contributed by atoms with van der Waals surface area (Å²) in [5, 5.41) is 0. The van der Waals surface area contributed by atoms with Crippen LogP contribution in [-0.4, -0.2) is 29.1 Å². The largest absolute Gasteiger partial charge is 0.500 e. The number of hydrogen-bond acceptors (Lipinski definition) is 3. The van der Waals surface area contributed by atoms with E-state index in [-0.39, 0.29) is 0 Å². The van der Waals surface area contributed by atoms with Crippen LogP contribution in [0.1, 0.15) is 72.1 Å². The Morgan fingerprint density at radius 1 is 0.737 bits per heavy atom. The Balaban J connectivity index is 3.95. The van der Waals surface area contributed by atoms with E-state index in [1.165, 1.54) is 32.1 Å². The fourth-order valence-electron chi connectivity index (χ4n) is 2.12. The zero-order chi connectivity index (χ0) is 14.4. The van der Waals surface area contributed by atoms with Crippen LogP contribution >= 0.6 is 0 Å². The zero-order valence-corrected chi connectivity index (χ0v) is 14.5. The van der Waals surface area contributed by atoms with Gasteiger partial charge in [-0.2, -0.15) is 0 Å². The first kappa shape index (κ1) is 19.1. The molecule has 0 aliphatic heterocycles. The molecule has 0 N–H and O–H groups in total. The Morgan fingerprint density at radius 2 is 1.37 bits per heavy atom. The maximum Gasteiger partial charge on any atom is 0.500 e. The lowest BCUT2D eigenvalue weighted by atomic mass is 10.1. The quantitative estimate of drug-likeness (QED) is 0.340. The van der Waals surface area contributed by atoms with Crippen molar-refractivity contribution in [2.45, 2.75) is 78.2 Å². The highest BCUT2D eigenvalue weighted by Gasteiger charge is 2.38. The second-order valence-electron chi connectivity index (χ2n) is 5.04. The van der Waals surface area contributed by atoms with Gasteiger partial charge in [-0.15, -0.1) is 0 Å². The average Bonchev–Trinajstić information content (AvgIpc) is 2.43. The molecule has 0 heterocycles. The fraction of sp³-hybridized carbons (Fsp3) is 1.00. The third-order valence-electron chi connectivity index (χ3n) is 3.33. The first-order valence-electron chi connectivity index (χ1n) is 8.07. The van der Waals surface area contributed by atoms with E-state index in [2.05, 4.69) is 13.8 Å². The van der Waals surface area contributed by atoms with Crippen LogP contribution in [0.5, 0.6) is 0 Å². The van der Waals surface area contributed by atoms with E-state index >= 15 is 0 Å². The molecule has 0 aromatic carbocycles. The van der Waals surface area contributed by atoms with Gasteiger partial charge in [-0.25, -0.2) is 0 Å². The van der Waals surface area contributed by atoms with Crippen LogP contribution in [0.25, 0.3) is 0 Å². The van der Waals surface area contributed by atoms with Crippen LogP contribution in [0.15, 0.2) is 0 Å². The molecule has 0 radical (unpaired) electrons. The van der Waals surface area contributed by atoms with Gasteiger partial charge in [0, 0.05) is 26.4 Å². The Kier molecular flexibility index (Phi) is 13.2. The highest BCUT2D eigenvalue weighted by molar-refractivity contribution is 6.60. The molecule has 0 fully saturated rings. The Labute approximate surface area is 121 Å². The summed E-state index contributed by atoms with van der Waals surface area (Å²) in [6.45, 7) is 7.90. The van der Waals surface area contributed by atoms with E-state index in [1.54, 1.807) is 7.11 Å². The summed E-state index contributed by atoms with van der Waals surface area (Å²) in [6, 6.07) is 0.965. The summed E-state index contributed by atoms with van der Waals surface area (Å²) in [6.07, 6.45) is 9.99. The van der Waals surface area contributed by atoms with Gasteiger partial charge in [-0.05, 0) is 19.8 Å². The van der Waals surface area contributed by atoms with Gasteiger partial charge in [-0.1, -0.05) is 52.4 Å². The van der Waals surface area contributed by atoms with Crippen LogP contribution in [0.2, 0.25) is 6.04 Å².